The van der Waals surface area contributed by atoms with Crippen molar-refractivity contribution in [2.75, 3.05) is 56.5 Å². The number of nitrogens with one attached hydrogen (secondary N) is 2. The monoisotopic (exact) mass is 511 g/mol. The predicted octanol–water partition coefficient (Wildman–Crippen LogP) is 2.42. The average molecular weight is 511 g/mol. The summed E-state index contributed by atoms with van der Waals surface area (Å²) in [6.07, 6.45) is 1.81. The first-order valence-electron chi connectivity index (χ1n) is 9.28. The Kier molecular flexibility index (Phi) is 8.90. The minimum Gasteiger partial charge on any atom is -0.378 e. The largest absolute Gasteiger partial charge is 0.378 e. The molecule has 1 aromatic carbocycles. The summed E-state index contributed by atoms with van der Waals surface area (Å²) in [6.45, 7) is 4.64. The molecule has 29 heavy (non-hydrogen) atoms. The van der Waals surface area contributed by atoms with Gasteiger partial charge in [0.1, 0.15) is 11.5 Å². The maximum atomic E-state index is 11.1. The molecule has 2 heterocycles. The average Bonchev–Trinajstić information content (AvgIpc) is 2.75. The second-order valence-electron chi connectivity index (χ2n) is 6.34. The van der Waals surface area contributed by atoms with Crippen molar-refractivity contribution >= 4 is 47.1 Å². The van der Waals surface area contributed by atoms with E-state index in [0.29, 0.717) is 18.8 Å². The lowest BCUT2D eigenvalue weighted by Crippen LogP contribution is -2.53. The van der Waals surface area contributed by atoms with Gasteiger partial charge in [-0.25, -0.2) is 4.98 Å². The molecule has 1 fully saturated rings. The summed E-state index contributed by atoms with van der Waals surface area (Å²) < 4.78 is 0. The molecule has 0 unspecified atom stereocenters. The molecule has 0 spiro atoms. The molecule has 1 aliphatic rings. The van der Waals surface area contributed by atoms with Gasteiger partial charge in [-0.2, -0.15) is 0 Å². The molecule has 3 rings (SSSR count). The number of para-hydroxylation sites is 2. The van der Waals surface area contributed by atoms with Crippen molar-refractivity contribution in [3.63, 3.8) is 0 Å². The zero-order chi connectivity index (χ0) is 19.8. The van der Waals surface area contributed by atoms with Gasteiger partial charge in [0.25, 0.3) is 5.69 Å². The van der Waals surface area contributed by atoms with E-state index in [0.717, 1.165) is 38.0 Å². The van der Waals surface area contributed by atoms with Crippen LogP contribution in [-0.2, 0) is 0 Å². The Hall–Kier alpha value is -2.63. The van der Waals surface area contributed by atoms with Crippen LogP contribution in [0.2, 0.25) is 0 Å². The Morgan fingerprint density at radius 3 is 2.52 bits per heavy atom. The summed E-state index contributed by atoms with van der Waals surface area (Å²) in [5.41, 5.74) is 0.603. The zero-order valence-electron chi connectivity index (χ0n) is 16.3. The van der Waals surface area contributed by atoms with E-state index in [1.807, 2.05) is 24.4 Å². The van der Waals surface area contributed by atoms with Crippen LogP contribution in [0.25, 0.3) is 0 Å². The van der Waals surface area contributed by atoms with Crippen LogP contribution < -0.4 is 15.5 Å². The third-order valence-corrected chi connectivity index (χ3v) is 4.59. The number of anilines is 2. The Morgan fingerprint density at radius 2 is 1.86 bits per heavy atom. The second-order valence-corrected chi connectivity index (χ2v) is 6.34. The first kappa shape index (κ1) is 22.7. The van der Waals surface area contributed by atoms with Crippen molar-refractivity contribution in [1.82, 2.24) is 15.2 Å². The molecule has 156 valence electrons. The number of pyridine rings is 1. The molecule has 1 aliphatic heterocycles. The number of rotatable bonds is 6. The summed E-state index contributed by atoms with van der Waals surface area (Å²) in [4.78, 5) is 23.9. The van der Waals surface area contributed by atoms with Crippen LogP contribution in [0, 0.1) is 10.1 Å². The molecule has 2 N–H and O–H groups in total. The lowest BCUT2D eigenvalue weighted by molar-refractivity contribution is -0.384. The molecule has 0 amide bonds. The first-order chi connectivity index (χ1) is 13.7. The third kappa shape index (κ3) is 6.17. The maximum absolute atomic E-state index is 11.1. The number of guanidine groups is 1. The fraction of sp³-hybridized carbons (Fsp3) is 0.368. The SMILES string of the molecule is CN=C(NCCNc1ccccc1[N+](=O)[O-])N1CCN(c2ccccn2)CC1.I. The van der Waals surface area contributed by atoms with E-state index in [1.54, 1.807) is 25.2 Å². The predicted molar refractivity (Wildman–Crippen MR) is 126 cm³/mol. The maximum Gasteiger partial charge on any atom is 0.292 e. The minimum atomic E-state index is -0.379. The van der Waals surface area contributed by atoms with Crippen molar-refractivity contribution in [3.05, 3.63) is 58.8 Å². The lowest BCUT2D eigenvalue weighted by atomic mass is 10.2. The van der Waals surface area contributed by atoms with Gasteiger partial charge in [0.2, 0.25) is 0 Å². The highest BCUT2D eigenvalue weighted by Gasteiger charge is 2.20. The van der Waals surface area contributed by atoms with Crippen molar-refractivity contribution in [2.24, 2.45) is 4.99 Å². The highest BCUT2D eigenvalue weighted by molar-refractivity contribution is 14.0. The van der Waals surface area contributed by atoms with Crippen molar-refractivity contribution < 1.29 is 4.92 Å². The third-order valence-electron chi connectivity index (χ3n) is 4.59. The number of halogens is 1. The molecule has 9 nitrogen and oxygen atoms in total. The summed E-state index contributed by atoms with van der Waals surface area (Å²) in [6, 6.07) is 12.6. The molecule has 0 saturated carbocycles. The van der Waals surface area contributed by atoms with Gasteiger partial charge in [-0.1, -0.05) is 18.2 Å². The molecule has 0 radical (unpaired) electrons. The van der Waals surface area contributed by atoms with Crippen molar-refractivity contribution in [1.29, 1.82) is 0 Å². The first-order valence-corrected chi connectivity index (χ1v) is 9.28. The van der Waals surface area contributed by atoms with Crippen LogP contribution in [0.1, 0.15) is 0 Å². The van der Waals surface area contributed by atoms with Gasteiger partial charge in [-0.3, -0.25) is 15.1 Å². The summed E-state index contributed by atoms with van der Waals surface area (Å²) in [5.74, 6) is 1.84. The van der Waals surface area contributed by atoms with E-state index in [4.69, 9.17) is 0 Å². The van der Waals surface area contributed by atoms with Gasteiger partial charge < -0.3 is 20.4 Å². The van der Waals surface area contributed by atoms with E-state index < -0.39 is 0 Å². The van der Waals surface area contributed by atoms with E-state index >= 15 is 0 Å². The standard InChI is InChI=1S/C19H25N7O2.HI/c1-20-19(23-11-10-21-16-6-2-3-7-17(16)26(27)28)25-14-12-24(13-15-25)18-8-4-5-9-22-18;/h2-9,21H,10-15H2,1H3,(H,20,23);1H. The van der Waals surface area contributed by atoms with E-state index in [9.17, 15) is 10.1 Å². The highest BCUT2D eigenvalue weighted by atomic mass is 127. The number of aromatic nitrogens is 1. The van der Waals surface area contributed by atoms with Crippen LogP contribution in [0.3, 0.4) is 0 Å². The summed E-state index contributed by atoms with van der Waals surface area (Å²) >= 11 is 0. The second kappa shape index (κ2) is 11.4. The van der Waals surface area contributed by atoms with Crippen LogP contribution in [-0.4, -0.2) is 67.1 Å². The summed E-state index contributed by atoms with van der Waals surface area (Å²) in [5, 5.41) is 17.5. The van der Waals surface area contributed by atoms with Crippen LogP contribution in [0.5, 0.6) is 0 Å². The van der Waals surface area contributed by atoms with Gasteiger partial charge in [-0.15, -0.1) is 24.0 Å². The van der Waals surface area contributed by atoms with E-state index in [1.165, 1.54) is 6.07 Å². The van der Waals surface area contributed by atoms with Gasteiger partial charge in [0, 0.05) is 58.6 Å². The van der Waals surface area contributed by atoms with E-state index in [2.05, 4.69) is 30.4 Å². The molecule has 0 bridgehead atoms. The van der Waals surface area contributed by atoms with Crippen LogP contribution in [0.4, 0.5) is 17.2 Å². The number of nitrogens with zero attached hydrogens (tertiary/aromatic N) is 5. The molecular formula is C19H26IN7O2. The number of piperazine rings is 1. The topological polar surface area (TPSA) is 98.9 Å². The number of hydrogen-bond donors (Lipinski definition) is 2. The highest BCUT2D eigenvalue weighted by Crippen LogP contribution is 2.22. The zero-order valence-corrected chi connectivity index (χ0v) is 18.7. The van der Waals surface area contributed by atoms with Crippen molar-refractivity contribution in [3.8, 4) is 0 Å². The lowest BCUT2D eigenvalue weighted by Gasteiger charge is -2.37. The number of nitro groups is 1. The van der Waals surface area contributed by atoms with E-state index in [-0.39, 0.29) is 34.6 Å². The molecule has 0 aliphatic carbocycles. The minimum absolute atomic E-state index is 0. The Balaban J connectivity index is 0.00000300. The Labute approximate surface area is 187 Å². The molecular weight excluding hydrogens is 485 g/mol. The molecule has 1 saturated heterocycles. The van der Waals surface area contributed by atoms with Crippen molar-refractivity contribution in [2.45, 2.75) is 0 Å². The number of aliphatic imine (C=N–C) groups is 1. The number of hydrogen-bond acceptors (Lipinski definition) is 6. The van der Waals surface area contributed by atoms with Gasteiger partial charge in [0.05, 0.1) is 4.92 Å². The normalized spacial score (nSPS) is 14.2. The molecule has 0 atom stereocenters. The fourth-order valence-electron chi connectivity index (χ4n) is 3.17. The van der Waals surface area contributed by atoms with Gasteiger partial charge in [-0.05, 0) is 18.2 Å². The molecule has 1 aromatic heterocycles. The summed E-state index contributed by atoms with van der Waals surface area (Å²) in [7, 11) is 1.77. The number of nitro benzene ring substituents is 1. The molecule has 2 aromatic rings. The van der Waals surface area contributed by atoms with Gasteiger partial charge in [0.15, 0.2) is 5.96 Å². The quantitative estimate of drug-likeness (QED) is 0.154. The van der Waals surface area contributed by atoms with Crippen LogP contribution in [0.15, 0.2) is 53.7 Å². The molecule has 10 heteroatoms. The smallest absolute Gasteiger partial charge is 0.292 e. The van der Waals surface area contributed by atoms with Crippen LogP contribution >= 0.6 is 24.0 Å². The fourth-order valence-corrected chi connectivity index (χ4v) is 3.17. The Bertz CT molecular complexity index is 811. The Morgan fingerprint density at radius 1 is 1.14 bits per heavy atom. The number of benzene rings is 1. The van der Waals surface area contributed by atoms with Gasteiger partial charge >= 0.3 is 0 Å².